The average molecular weight is 263 g/mol. The van der Waals surface area contributed by atoms with Crippen LogP contribution in [0.15, 0.2) is 41.4 Å². The van der Waals surface area contributed by atoms with E-state index in [1.807, 2.05) is 0 Å². The number of rotatable bonds is 2. The zero-order valence-electron chi connectivity index (χ0n) is 12.7. The van der Waals surface area contributed by atoms with Gasteiger partial charge in [-0.25, -0.2) is 0 Å². The number of fused-ring (bicyclic) bond motifs is 1. The lowest BCUT2D eigenvalue weighted by Crippen LogP contribution is -2.01. The van der Waals surface area contributed by atoms with Gasteiger partial charge in [-0.2, -0.15) is 0 Å². The standard InChI is InChI=1S/C19H21N/c1-12(2)15-5-6-18-17(10-15)11-19(20-18)16-8-13(3)7-14(4)9-16/h5-10,12H,11H2,1-4H3. The predicted molar refractivity (Wildman–Crippen MR) is 86.3 cm³/mol. The Morgan fingerprint density at radius 1 is 0.950 bits per heavy atom. The van der Waals surface area contributed by atoms with Gasteiger partial charge >= 0.3 is 0 Å². The largest absolute Gasteiger partial charge is 0.252 e. The van der Waals surface area contributed by atoms with Crippen LogP contribution in [0, 0.1) is 13.8 Å². The lowest BCUT2D eigenvalue weighted by molar-refractivity contribution is 0.865. The lowest BCUT2D eigenvalue weighted by atomic mass is 9.97. The second kappa shape index (κ2) is 4.90. The summed E-state index contributed by atoms with van der Waals surface area (Å²) in [4.78, 5) is 4.82. The van der Waals surface area contributed by atoms with Gasteiger partial charge in [0.15, 0.2) is 0 Å². The summed E-state index contributed by atoms with van der Waals surface area (Å²) in [6.07, 6.45) is 0.957. The summed E-state index contributed by atoms with van der Waals surface area (Å²) in [6.45, 7) is 8.77. The third-order valence-electron chi connectivity index (χ3n) is 3.94. The maximum atomic E-state index is 4.82. The Kier molecular flexibility index (Phi) is 3.21. The fourth-order valence-corrected chi connectivity index (χ4v) is 2.89. The van der Waals surface area contributed by atoms with Crippen molar-refractivity contribution in [1.82, 2.24) is 0 Å². The van der Waals surface area contributed by atoms with Gasteiger partial charge in [0.25, 0.3) is 0 Å². The van der Waals surface area contributed by atoms with Crippen molar-refractivity contribution in [2.24, 2.45) is 4.99 Å². The van der Waals surface area contributed by atoms with Gasteiger partial charge in [-0.05, 0) is 42.5 Å². The Morgan fingerprint density at radius 2 is 1.65 bits per heavy atom. The van der Waals surface area contributed by atoms with Gasteiger partial charge in [0, 0.05) is 6.42 Å². The normalized spacial score (nSPS) is 13.6. The van der Waals surface area contributed by atoms with E-state index in [2.05, 4.69) is 64.1 Å². The molecule has 0 spiro atoms. The summed E-state index contributed by atoms with van der Waals surface area (Å²) in [7, 11) is 0. The molecule has 0 unspecified atom stereocenters. The smallest absolute Gasteiger partial charge is 0.0669 e. The fraction of sp³-hybridized carbons (Fsp3) is 0.316. The van der Waals surface area contributed by atoms with E-state index in [0.717, 1.165) is 12.1 Å². The molecule has 0 amide bonds. The van der Waals surface area contributed by atoms with Crippen LogP contribution in [0.4, 0.5) is 5.69 Å². The van der Waals surface area contributed by atoms with E-state index in [1.54, 1.807) is 0 Å². The number of hydrogen-bond donors (Lipinski definition) is 0. The summed E-state index contributed by atoms with van der Waals surface area (Å²) in [5.41, 5.74) is 9.00. The Balaban J connectivity index is 1.96. The maximum absolute atomic E-state index is 4.82. The lowest BCUT2D eigenvalue weighted by Gasteiger charge is -2.07. The van der Waals surface area contributed by atoms with Crippen LogP contribution in [0.1, 0.15) is 47.6 Å². The Hall–Kier alpha value is -1.89. The number of aliphatic imine (C=N–C) groups is 1. The monoisotopic (exact) mass is 263 g/mol. The van der Waals surface area contributed by atoms with Crippen LogP contribution in [0.5, 0.6) is 0 Å². The van der Waals surface area contributed by atoms with Crippen LogP contribution < -0.4 is 0 Å². The zero-order chi connectivity index (χ0) is 14.3. The number of benzene rings is 2. The minimum Gasteiger partial charge on any atom is -0.252 e. The molecular formula is C19H21N. The summed E-state index contributed by atoms with van der Waals surface area (Å²) in [5.74, 6) is 0.575. The molecule has 20 heavy (non-hydrogen) atoms. The SMILES string of the molecule is Cc1cc(C)cc(C2=Nc3ccc(C(C)C)cc3C2)c1. The Morgan fingerprint density at radius 3 is 2.30 bits per heavy atom. The molecule has 2 aromatic carbocycles. The third kappa shape index (κ3) is 2.40. The Labute approximate surface area is 121 Å². The average Bonchev–Trinajstić information content (AvgIpc) is 2.80. The van der Waals surface area contributed by atoms with Gasteiger partial charge in [0.2, 0.25) is 0 Å². The second-order valence-corrected chi connectivity index (χ2v) is 6.15. The van der Waals surface area contributed by atoms with E-state index in [-0.39, 0.29) is 0 Å². The molecule has 0 aliphatic carbocycles. The highest BCUT2D eigenvalue weighted by Crippen LogP contribution is 2.31. The molecule has 1 aliphatic rings. The maximum Gasteiger partial charge on any atom is 0.0669 e. The van der Waals surface area contributed by atoms with Crippen LogP contribution in [0.2, 0.25) is 0 Å². The summed E-state index contributed by atoms with van der Waals surface area (Å²) in [5, 5.41) is 0. The molecule has 1 heterocycles. The van der Waals surface area contributed by atoms with Crippen molar-refractivity contribution >= 4 is 11.4 Å². The fourth-order valence-electron chi connectivity index (χ4n) is 2.89. The minimum absolute atomic E-state index is 0.575. The molecule has 3 rings (SSSR count). The molecular weight excluding hydrogens is 242 g/mol. The first-order valence-electron chi connectivity index (χ1n) is 7.32. The number of aryl methyl sites for hydroxylation is 2. The van der Waals surface area contributed by atoms with Crippen molar-refractivity contribution in [2.75, 3.05) is 0 Å². The number of nitrogens with zero attached hydrogens (tertiary/aromatic N) is 1. The summed E-state index contributed by atoms with van der Waals surface area (Å²) >= 11 is 0. The van der Waals surface area contributed by atoms with Crippen molar-refractivity contribution in [3.63, 3.8) is 0 Å². The molecule has 0 radical (unpaired) electrons. The highest BCUT2D eigenvalue weighted by atomic mass is 14.8. The molecule has 0 saturated heterocycles. The van der Waals surface area contributed by atoms with Crippen molar-refractivity contribution in [3.05, 3.63) is 64.2 Å². The van der Waals surface area contributed by atoms with Crippen molar-refractivity contribution in [3.8, 4) is 0 Å². The zero-order valence-corrected chi connectivity index (χ0v) is 12.7. The van der Waals surface area contributed by atoms with E-state index in [1.165, 1.54) is 33.5 Å². The highest BCUT2D eigenvalue weighted by molar-refractivity contribution is 6.06. The molecule has 102 valence electrons. The van der Waals surface area contributed by atoms with Crippen LogP contribution in [-0.4, -0.2) is 5.71 Å². The van der Waals surface area contributed by atoms with E-state index in [0.29, 0.717) is 5.92 Å². The molecule has 0 bridgehead atoms. The van der Waals surface area contributed by atoms with Gasteiger partial charge in [0.1, 0.15) is 0 Å². The second-order valence-electron chi connectivity index (χ2n) is 6.15. The molecule has 0 atom stereocenters. The van der Waals surface area contributed by atoms with Crippen LogP contribution in [-0.2, 0) is 6.42 Å². The highest BCUT2D eigenvalue weighted by Gasteiger charge is 2.17. The quantitative estimate of drug-likeness (QED) is 0.714. The van der Waals surface area contributed by atoms with Gasteiger partial charge in [-0.1, -0.05) is 55.3 Å². The summed E-state index contributed by atoms with van der Waals surface area (Å²) < 4.78 is 0. The van der Waals surface area contributed by atoms with E-state index in [9.17, 15) is 0 Å². The van der Waals surface area contributed by atoms with Crippen LogP contribution in [0.3, 0.4) is 0 Å². The van der Waals surface area contributed by atoms with Gasteiger partial charge in [-0.3, -0.25) is 4.99 Å². The topological polar surface area (TPSA) is 12.4 Å². The minimum atomic E-state index is 0.575. The van der Waals surface area contributed by atoms with Gasteiger partial charge in [0.05, 0.1) is 11.4 Å². The molecule has 1 nitrogen and oxygen atoms in total. The first-order chi connectivity index (χ1) is 9.52. The van der Waals surface area contributed by atoms with E-state index in [4.69, 9.17) is 4.99 Å². The van der Waals surface area contributed by atoms with Gasteiger partial charge < -0.3 is 0 Å². The molecule has 2 aromatic rings. The predicted octanol–water partition coefficient (Wildman–Crippen LogP) is 5.10. The molecule has 1 aliphatic heterocycles. The van der Waals surface area contributed by atoms with Crippen LogP contribution in [0.25, 0.3) is 0 Å². The van der Waals surface area contributed by atoms with Crippen molar-refractivity contribution in [1.29, 1.82) is 0 Å². The first-order valence-corrected chi connectivity index (χ1v) is 7.32. The Bertz CT molecular complexity index is 673. The van der Waals surface area contributed by atoms with E-state index >= 15 is 0 Å². The third-order valence-corrected chi connectivity index (χ3v) is 3.94. The van der Waals surface area contributed by atoms with Crippen molar-refractivity contribution < 1.29 is 0 Å². The molecule has 0 aromatic heterocycles. The number of hydrogen-bond acceptors (Lipinski definition) is 1. The van der Waals surface area contributed by atoms with Crippen molar-refractivity contribution in [2.45, 2.75) is 40.0 Å². The molecule has 0 N–H and O–H groups in total. The summed E-state index contributed by atoms with van der Waals surface area (Å²) in [6, 6.07) is 13.4. The first kappa shape index (κ1) is 13.1. The van der Waals surface area contributed by atoms with Crippen LogP contribution >= 0.6 is 0 Å². The van der Waals surface area contributed by atoms with E-state index < -0.39 is 0 Å². The van der Waals surface area contributed by atoms with Gasteiger partial charge in [-0.15, -0.1) is 0 Å². The molecule has 0 saturated carbocycles. The molecule has 0 fully saturated rings. The molecule has 1 heteroatoms.